The van der Waals surface area contributed by atoms with Gasteiger partial charge < -0.3 is 5.32 Å². The van der Waals surface area contributed by atoms with Gasteiger partial charge in [0.15, 0.2) is 0 Å². The molecule has 0 aliphatic heterocycles. The van der Waals surface area contributed by atoms with Crippen LogP contribution in [0.2, 0.25) is 0 Å². The average Bonchev–Trinajstić information content (AvgIpc) is 2.75. The molecule has 17 heavy (non-hydrogen) atoms. The van der Waals surface area contributed by atoms with E-state index in [9.17, 15) is 0 Å². The van der Waals surface area contributed by atoms with Gasteiger partial charge in [0.2, 0.25) is 0 Å². The Bertz CT molecular complexity index is 491. The second-order valence-corrected chi connectivity index (χ2v) is 5.20. The lowest BCUT2D eigenvalue weighted by atomic mass is 10.3. The number of pyridine rings is 1. The molecule has 0 saturated carbocycles. The predicted molar refractivity (Wildman–Crippen MR) is 72.1 cm³/mol. The number of nitrogens with zero attached hydrogens (tertiary/aromatic N) is 2. The van der Waals surface area contributed by atoms with Crippen molar-refractivity contribution < 1.29 is 0 Å². The zero-order valence-corrected chi connectivity index (χ0v) is 11.2. The van der Waals surface area contributed by atoms with E-state index in [1.54, 1.807) is 11.3 Å². The first-order chi connectivity index (χ1) is 8.15. The van der Waals surface area contributed by atoms with Gasteiger partial charge in [0, 0.05) is 23.7 Å². The minimum absolute atomic E-state index is 0.484. The highest BCUT2D eigenvalue weighted by Gasteiger charge is 2.06. The molecule has 0 radical (unpaired) electrons. The highest BCUT2D eigenvalue weighted by atomic mass is 32.1. The van der Waals surface area contributed by atoms with Crippen LogP contribution >= 0.6 is 11.3 Å². The van der Waals surface area contributed by atoms with Gasteiger partial charge in [-0.25, -0.2) is 4.98 Å². The first-order valence-electron chi connectivity index (χ1n) is 5.77. The third-order valence-corrected chi connectivity index (χ3v) is 3.26. The molecular formula is C13H17N3S. The van der Waals surface area contributed by atoms with Gasteiger partial charge in [0.25, 0.3) is 0 Å². The van der Waals surface area contributed by atoms with Crippen LogP contribution in [0.3, 0.4) is 0 Å². The average molecular weight is 247 g/mol. The van der Waals surface area contributed by atoms with Gasteiger partial charge in [-0.2, -0.15) is 0 Å². The van der Waals surface area contributed by atoms with Crippen LogP contribution < -0.4 is 5.32 Å². The van der Waals surface area contributed by atoms with Crippen molar-refractivity contribution in [3.63, 3.8) is 0 Å². The lowest BCUT2D eigenvalue weighted by Gasteiger charge is -2.04. The van der Waals surface area contributed by atoms with Crippen LogP contribution in [0.25, 0.3) is 10.7 Å². The first kappa shape index (κ1) is 12.2. The van der Waals surface area contributed by atoms with E-state index < -0.39 is 0 Å². The Morgan fingerprint density at radius 2 is 2.12 bits per heavy atom. The minimum Gasteiger partial charge on any atom is -0.309 e. The standard InChI is InChI=1S/C13H17N3S/c1-9(2)14-7-11-8-17-13(16-11)12-6-4-5-10(3)15-12/h4-6,8-9,14H,7H2,1-3H3. The van der Waals surface area contributed by atoms with Gasteiger partial charge in [-0.3, -0.25) is 4.98 Å². The lowest BCUT2D eigenvalue weighted by molar-refractivity contribution is 0.583. The summed E-state index contributed by atoms with van der Waals surface area (Å²) in [5.74, 6) is 0. The molecule has 0 spiro atoms. The number of aryl methyl sites for hydroxylation is 1. The van der Waals surface area contributed by atoms with Gasteiger partial charge in [-0.05, 0) is 19.1 Å². The van der Waals surface area contributed by atoms with Crippen LogP contribution in [-0.2, 0) is 6.54 Å². The molecule has 4 heteroatoms. The van der Waals surface area contributed by atoms with Crippen molar-refractivity contribution in [2.75, 3.05) is 0 Å². The summed E-state index contributed by atoms with van der Waals surface area (Å²) < 4.78 is 0. The fraction of sp³-hybridized carbons (Fsp3) is 0.385. The van der Waals surface area contributed by atoms with E-state index in [2.05, 4.69) is 34.5 Å². The molecule has 90 valence electrons. The molecule has 2 aromatic rings. The zero-order chi connectivity index (χ0) is 12.3. The third kappa shape index (κ3) is 3.35. The molecule has 1 N–H and O–H groups in total. The molecule has 0 aliphatic rings. The predicted octanol–water partition coefficient (Wildman–Crippen LogP) is 3.01. The van der Waals surface area contributed by atoms with Crippen molar-refractivity contribution >= 4 is 11.3 Å². The Morgan fingerprint density at radius 3 is 2.82 bits per heavy atom. The smallest absolute Gasteiger partial charge is 0.142 e. The van der Waals surface area contributed by atoms with Crippen LogP contribution in [0, 0.1) is 6.92 Å². The summed E-state index contributed by atoms with van der Waals surface area (Å²) >= 11 is 1.65. The molecule has 0 aromatic carbocycles. The normalized spacial score (nSPS) is 11.1. The number of thiazole rings is 1. The molecule has 0 saturated heterocycles. The van der Waals surface area contributed by atoms with Crippen molar-refractivity contribution in [3.05, 3.63) is 35.0 Å². The molecule has 2 aromatic heterocycles. The van der Waals surface area contributed by atoms with Gasteiger partial charge in [-0.15, -0.1) is 11.3 Å². The maximum absolute atomic E-state index is 4.59. The second kappa shape index (κ2) is 5.38. The highest BCUT2D eigenvalue weighted by molar-refractivity contribution is 7.13. The number of nitrogens with one attached hydrogen (secondary N) is 1. The number of hydrogen-bond donors (Lipinski definition) is 1. The van der Waals surface area contributed by atoms with Crippen LogP contribution in [0.1, 0.15) is 25.2 Å². The molecule has 0 amide bonds. The summed E-state index contributed by atoms with van der Waals surface area (Å²) in [6.45, 7) is 7.09. The van der Waals surface area contributed by atoms with E-state index in [-0.39, 0.29) is 0 Å². The Hall–Kier alpha value is -1.26. The molecule has 0 fully saturated rings. The first-order valence-corrected chi connectivity index (χ1v) is 6.65. The van der Waals surface area contributed by atoms with E-state index in [1.165, 1.54) is 0 Å². The Balaban J connectivity index is 2.12. The second-order valence-electron chi connectivity index (χ2n) is 4.34. The summed E-state index contributed by atoms with van der Waals surface area (Å²) in [5.41, 5.74) is 3.08. The van der Waals surface area contributed by atoms with Gasteiger partial charge in [0.05, 0.1) is 11.4 Å². The number of rotatable bonds is 4. The molecule has 0 unspecified atom stereocenters. The van der Waals surface area contributed by atoms with Crippen LogP contribution in [0.4, 0.5) is 0 Å². The number of aromatic nitrogens is 2. The SMILES string of the molecule is Cc1cccc(-c2nc(CNC(C)C)cs2)n1. The Morgan fingerprint density at radius 1 is 1.29 bits per heavy atom. The molecule has 2 rings (SSSR count). The largest absolute Gasteiger partial charge is 0.309 e. The lowest BCUT2D eigenvalue weighted by Crippen LogP contribution is -2.21. The summed E-state index contributed by atoms with van der Waals surface area (Å²) in [6, 6.07) is 6.51. The molecular weight excluding hydrogens is 230 g/mol. The van der Waals surface area contributed by atoms with Gasteiger partial charge in [0.1, 0.15) is 5.01 Å². The van der Waals surface area contributed by atoms with E-state index >= 15 is 0 Å². The number of hydrogen-bond acceptors (Lipinski definition) is 4. The molecule has 3 nitrogen and oxygen atoms in total. The minimum atomic E-state index is 0.484. The fourth-order valence-corrected chi connectivity index (χ4v) is 2.26. The quantitative estimate of drug-likeness (QED) is 0.902. The zero-order valence-electron chi connectivity index (χ0n) is 10.4. The summed E-state index contributed by atoms with van der Waals surface area (Å²) in [7, 11) is 0. The fourth-order valence-electron chi connectivity index (χ4n) is 1.48. The van der Waals surface area contributed by atoms with Crippen LogP contribution in [-0.4, -0.2) is 16.0 Å². The third-order valence-electron chi connectivity index (χ3n) is 2.35. The molecule has 2 heterocycles. The topological polar surface area (TPSA) is 37.8 Å². The Kier molecular flexibility index (Phi) is 3.86. The van der Waals surface area contributed by atoms with E-state index in [0.717, 1.165) is 28.6 Å². The van der Waals surface area contributed by atoms with Crippen molar-refractivity contribution in [1.29, 1.82) is 0 Å². The van der Waals surface area contributed by atoms with E-state index in [1.807, 2.05) is 25.1 Å². The molecule has 0 bridgehead atoms. The maximum Gasteiger partial charge on any atom is 0.142 e. The van der Waals surface area contributed by atoms with Crippen LogP contribution in [0.15, 0.2) is 23.6 Å². The van der Waals surface area contributed by atoms with Crippen molar-refractivity contribution in [2.45, 2.75) is 33.4 Å². The summed E-state index contributed by atoms with van der Waals surface area (Å²) in [4.78, 5) is 9.07. The maximum atomic E-state index is 4.59. The van der Waals surface area contributed by atoms with Crippen molar-refractivity contribution in [3.8, 4) is 10.7 Å². The summed E-state index contributed by atoms with van der Waals surface area (Å²) in [6.07, 6.45) is 0. The van der Waals surface area contributed by atoms with Crippen LogP contribution in [0.5, 0.6) is 0 Å². The Labute approximate surface area is 106 Å². The summed E-state index contributed by atoms with van der Waals surface area (Å²) in [5, 5.41) is 6.45. The molecule has 0 atom stereocenters. The van der Waals surface area contributed by atoms with Crippen molar-refractivity contribution in [2.24, 2.45) is 0 Å². The monoisotopic (exact) mass is 247 g/mol. The van der Waals surface area contributed by atoms with Crippen molar-refractivity contribution in [1.82, 2.24) is 15.3 Å². The van der Waals surface area contributed by atoms with Gasteiger partial charge >= 0.3 is 0 Å². The molecule has 0 aliphatic carbocycles. The van der Waals surface area contributed by atoms with Gasteiger partial charge in [-0.1, -0.05) is 19.9 Å². The highest BCUT2D eigenvalue weighted by Crippen LogP contribution is 2.21. The van der Waals surface area contributed by atoms with E-state index in [4.69, 9.17) is 0 Å². The van der Waals surface area contributed by atoms with E-state index in [0.29, 0.717) is 6.04 Å².